The molecule has 2 heteroatoms. The molecule has 2 nitrogen and oxygen atoms in total. The maximum Gasteiger partial charge on any atom is 0.228 e. The molecule has 1 amide bonds. The van der Waals surface area contributed by atoms with E-state index >= 15 is 0 Å². The molecule has 0 aromatic heterocycles. The lowest BCUT2D eigenvalue weighted by Crippen LogP contribution is -2.43. The predicted octanol–water partition coefficient (Wildman–Crippen LogP) is 6.97. The molecule has 144 valence electrons. The van der Waals surface area contributed by atoms with Crippen molar-refractivity contribution in [3.8, 4) is 0 Å². The summed E-state index contributed by atoms with van der Waals surface area (Å²) >= 11 is 0. The van der Waals surface area contributed by atoms with Crippen LogP contribution in [0, 0.1) is 5.41 Å². The monoisotopic (exact) mass is 339 g/mol. The molecule has 0 spiro atoms. The number of rotatable bonds is 16. The molecular weight excluding hydrogens is 294 g/mol. The third kappa shape index (κ3) is 8.53. The van der Waals surface area contributed by atoms with Gasteiger partial charge >= 0.3 is 0 Å². The van der Waals surface area contributed by atoms with Crippen LogP contribution in [0.3, 0.4) is 0 Å². The Balaban J connectivity index is 3.92. The lowest BCUT2D eigenvalue weighted by atomic mass is 9.78. The van der Waals surface area contributed by atoms with Crippen molar-refractivity contribution in [3.05, 3.63) is 0 Å². The number of nitrogens with zero attached hydrogens (tertiary/aromatic N) is 1. The summed E-state index contributed by atoms with van der Waals surface area (Å²) in [6, 6.07) is 0. The second-order valence-corrected chi connectivity index (χ2v) is 7.41. The highest BCUT2D eigenvalue weighted by Gasteiger charge is 2.35. The topological polar surface area (TPSA) is 20.3 Å². The number of hydrogen-bond donors (Lipinski definition) is 0. The smallest absolute Gasteiger partial charge is 0.228 e. The molecule has 0 fully saturated rings. The van der Waals surface area contributed by atoms with Crippen molar-refractivity contribution in [2.24, 2.45) is 5.41 Å². The fourth-order valence-corrected chi connectivity index (χ4v) is 3.73. The predicted molar refractivity (Wildman–Crippen MR) is 107 cm³/mol. The molecule has 0 N–H and O–H groups in total. The molecule has 0 aromatic rings. The van der Waals surface area contributed by atoms with E-state index in [0.717, 1.165) is 32.4 Å². The number of carbonyl (C=O) groups excluding carboxylic acids is 1. The summed E-state index contributed by atoms with van der Waals surface area (Å²) in [5.74, 6) is 0.397. The van der Waals surface area contributed by atoms with Crippen molar-refractivity contribution >= 4 is 5.91 Å². The molecule has 0 saturated carbocycles. The van der Waals surface area contributed by atoms with E-state index in [1.54, 1.807) is 0 Å². The molecule has 0 bridgehead atoms. The van der Waals surface area contributed by atoms with Crippen LogP contribution >= 0.6 is 0 Å². The number of hydrogen-bond acceptors (Lipinski definition) is 1. The van der Waals surface area contributed by atoms with Gasteiger partial charge in [0.05, 0.1) is 0 Å². The SMILES string of the molecule is CCCCCCCCCCCCN(CC)C(=O)C(CC)(CC)CC. The highest BCUT2D eigenvalue weighted by Crippen LogP contribution is 2.32. The maximum atomic E-state index is 12.9. The van der Waals surface area contributed by atoms with E-state index in [4.69, 9.17) is 0 Å². The average molecular weight is 340 g/mol. The maximum absolute atomic E-state index is 12.9. The summed E-state index contributed by atoms with van der Waals surface area (Å²) in [5, 5.41) is 0. The zero-order valence-electron chi connectivity index (χ0n) is 17.5. The van der Waals surface area contributed by atoms with Crippen molar-refractivity contribution in [2.45, 2.75) is 118 Å². The van der Waals surface area contributed by atoms with E-state index in [1.807, 2.05) is 0 Å². The van der Waals surface area contributed by atoms with E-state index < -0.39 is 0 Å². The van der Waals surface area contributed by atoms with Crippen LogP contribution in [-0.2, 0) is 4.79 Å². The summed E-state index contributed by atoms with van der Waals surface area (Å²) in [4.78, 5) is 15.0. The number of amides is 1. The Morgan fingerprint density at radius 1 is 0.667 bits per heavy atom. The van der Waals surface area contributed by atoms with Gasteiger partial charge in [-0.2, -0.15) is 0 Å². The van der Waals surface area contributed by atoms with Crippen molar-refractivity contribution in [3.63, 3.8) is 0 Å². The summed E-state index contributed by atoms with van der Waals surface area (Å²) in [6.45, 7) is 12.7. The molecular formula is C22H45NO. The van der Waals surface area contributed by atoms with Gasteiger partial charge in [0, 0.05) is 18.5 Å². The first-order valence-electron chi connectivity index (χ1n) is 10.9. The van der Waals surface area contributed by atoms with E-state index in [1.165, 1.54) is 64.2 Å². The van der Waals surface area contributed by atoms with E-state index in [-0.39, 0.29) is 5.41 Å². The Morgan fingerprint density at radius 2 is 1.08 bits per heavy atom. The summed E-state index contributed by atoms with van der Waals surface area (Å²) in [5.41, 5.74) is -0.117. The lowest BCUT2D eigenvalue weighted by molar-refractivity contribution is -0.143. The molecule has 0 atom stereocenters. The molecule has 0 aromatic carbocycles. The van der Waals surface area contributed by atoms with E-state index in [0.29, 0.717) is 5.91 Å². The van der Waals surface area contributed by atoms with Gasteiger partial charge in [0.1, 0.15) is 0 Å². The Bertz CT molecular complexity index is 288. The Kier molecular flexibility index (Phi) is 14.5. The fourth-order valence-electron chi connectivity index (χ4n) is 3.73. The first kappa shape index (κ1) is 23.5. The van der Waals surface area contributed by atoms with Gasteiger partial charge in [-0.1, -0.05) is 85.5 Å². The highest BCUT2D eigenvalue weighted by atomic mass is 16.2. The van der Waals surface area contributed by atoms with Gasteiger partial charge in [0.15, 0.2) is 0 Å². The minimum Gasteiger partial charge on any atom is -0.343 e. The Labute approximate surface area is 152 Å². The first-order valence-corrected chi connectivity index (χ1v) is 10.9. The second kappa shape index (κ2) is 14.8. The summed E-state index contributed by atoms with van der Waals surface area (Å²) in [7, 11) is 0. The average Bonchev–Trinajstić information content (AvgIpc) is 2.61. The van der Waals surface area contributed by atoms with Crippen LogP contribution in [0.1, 0.15) is 118 Å². The number of unbranched alkanes of at least 4 members (excludes halogenated alkanes) is 9. The van der Waals surface area contributed by atoms with Gasteiger partial charge < -0.3 is 4.90 Å². The normalized spacial score (nSPS) is 11.7. The summed E-state index contributed by atoms with van der Waals surface area (Å²) < 4.78 is 0. The minimum absolute atomic E-state index is 0.117. The Hall–Kier alpha value is -0.530. The van der Waals surface area contributed by atoms with Crippen molar-refractivity contribution in [2.75, 3.05) is 13.1 Å². The first-order chi connectivity index (χ1) is 11.6. The molecule has 0 radical (unpaired) electrons. The van der Waals surface area contributed by atoms with Crippen LogP contribution in [0.4, 0.5) is 0 Å². The van der Waals surface area contributed by atoms with Crippen LogP contribution in [0.15, 0.2) is 0 Å². The molecule has 0 aliphatic carbocycles. The molecule has 0 heterocycles. The molecule has 0 unspecified atom stereocenters. The third-order valence-electron chi connectivity index (χ3n) is 5.93. The van der Waals surface area contributed by atoms with Crippen molar-refractivity contribution in [1.29, 1.82) is 0 Å². The Morgan fingerprint density at radius 3 is 1.46 bits per heavy atom. The van der Waals surface area contributed by atoms with Gasteiger partial charge in [0.2, 0.25) is 5.91 Å². The largest absolute Gasteiger partial charge is 0.343 e. The van der Waals surface area contributed by atoms with Crippen LogP contribution in [-0.4, -0.2) is 23.9 Å². The second-order valence-electron chi connectivity index (χ2n) is 7.41. The van der Waals surface area contributed by atoms with E-state index in [9.17, 15) is 4.79 Å². The van der Waals surface area contributed by atoms with Gasteiger partial charge in [0.25, 0.3) is 0 Å². The lowest BCUT2D eigenvalue weighted by Gasteiger charge is -2.35. The third-order valence-corrected chi connectivity index (χ3v) is 5.93. The molecule has 0 aliphatic heterocycles. The molecule has 24 heavy (non-hydrogen) atoms. The highest BCUT2D eigenvalue weighted by molar-refractivity contribution is 5.82. The summed E-state index contributed by atoms with van der Waals surface area (Å²) in [6.07, 6.45) is 16.4. The minimum atomic E-state index is -0.117. The quantitative estimate of drug-likeness (QED) is 0.278. The molecule has 0 aliphatic rings. The van der Waals surface area contributed by atoms with Crippen LogP contribution in [0.25, 0.3) is 0 Å². The van der Waals surface area contributed by atoms with Gasteiger partial charge in [-0.05, 0) is 32.6 Å². The van der Waals surface area contributed by atoms with Gasteiger partial charge in [-0.15, -0.1) is 0 Å². The van der Waals surface area contributed by atoms with Gasteiger partial charge in [-0.25, -0.2) is 0 Å². The van der Waals surface area contributed by atoms with Crippen LogP contribution in [0.5, 0.6) is 0 Å². The zero-order chi connectivity index (χ0) is 18.3. The standard InChI is InChI=1S/C22H45NO/c1-6-11-12-13-14-15-16-17-18-19-20-23(10-5)21(24)22(7-2,8-3)9-4/h6-20H2,1-5H3. The molecule has 0 saturated heterocycles. The van der Waals surface area contributed by atoms with Crippen LogP contribution in [0.2, 0.25) is 0 Å². The number of carbonyl (C=O) groups is 1. The zero-order valence-corrected chi connectivity index (χ0v) is 17.5. The van der Waals surface area contributed by atoms with Crippen LogP contribution < -0.4 is 0 Å². The van der Waals surface area contributed by atoms with Crippen molar-refractivity contribution in [1.82, 2.24) is 4.90 Å². The van der Waals surface area contributed by atoms with Gasteiger partial charge in [-0.3, -0.25) is 4.79 Å². The fraction of sp³-hybridized carbons (Fsp3) is 0.955. The van der Waals surface area contributed by atoms with E-state index in [2.05, 4.69) is 39.5 Å². The van der Waals surface area contributed by atoms with Crippen molar-refractivity contribution < 1.29 is 4.79 Å². The molecule has 0 rings (SSSR count).